The summed E-state index contributed by atoms with van der Waals surface area (Å²) in [5.41, 5.74) is 8.24. The van der Waals surface area contributed by atoms with Crippen molar-refractivity contribution in [1.82, 2.24) is 15.3 Å². The molecule has 182 valence electrons. The highest BCUT2D eigenvalue weighted by atomic mass is 16.5. The molecule has 1 saturated carbocycles. The number of fused-ring (bicyclic) bond motifs is 1. The van der Waals surface area contributed by atoms with Crippen LogP contribution < -0.4 is 20.7 Å². The SMILES string of the molecule is CCC(C)CNC(=O)C[C@H]1CC[C@H](c2ccc(N3CCOc4ncnc(N)c4C3=O)cc2)CC1. The molecule has 3 N–H and O–H groups in total. The number of carbonyl (C=O) groups excluding carboxylic acids is 2. The molecule has 1 aromatic carbocycles. The van der Waals surface area contributed by atoms with Crippen LogP contribution in [0.2, 0.25) is 0 Å². The fourth-order valence-electron chi connectivity index (χ4n) is 4.80. The Morgan fingerprint density at radius 2 is 1.94 bits per heavy atom. The van der Waals surface area contributed by atoms with E-state index in [0.29, 0.717) is 37.3 Å². The predicted octanol–water partition coefficient (Wildman–Crippen LogP) is 3.92. The quantitative estimate of drug-likeness (QED) is 0.641. The molecule has 1 unspecified atom stereocenters. The Morgan fingerprint density at radius 3 is 2.65 bits per heavy atom. The van der Waals surface area contributed by atoms with Crippen molar-refractivity contribution >= 4 is 23.3 Å². The van der Waals surface area contributed by atoms with E-state index in [4.69, 9.17) is 10.5 Å². The van der Waals surface area contributed by atoms with Crippen molar-refractivity contribution in [3.8, 4) is 5.88 Å². The van der Waals surface area contributed by atoms with Gasteiger partial charge in [0.1, 0.15) is 24.3 Å². The molecule has 1 aliphatic carbocycles. The van der Waals surface area contributed by atoms with Gasteiger partial charge >= 0.3 is 0 Å². The monoisotopic (exact) mass is 465 g/mol. The molecule has 1 atom stereocenters. The maximum absolute atomic E-state index is 13.1. The van der Waals surface area contributed by atoms with Crippen molar-refractivity contribution in [3.63, 3.8) is 0 Å². The summed E-state index contributed by atoms with van der Waals surface area (Å²) in [4.78, 5) is 35.0. The predicted molar refractivity (Wildman–Crippen MR) is 132 cm³/mol. The summed E-state index contributed by atoms with van der Waals surface area (Å²) in [6, 6.07) is 8.22. The number of nitrogens with zero attached hydrogens (tertiary/aromatic N) is 3. The smallest absolute Gasteiger partial charge is 0.267 e. The zero-order chi connectivity index (χ0) is 24.1. The number of nitrogens with two attached hydrogens (primary N) is 1. The van der Waals surface area contributed by atoms with Gasteiger partial charge in [-0.3, -0.25) is 9.59 Å². The van der Waals surface area contributed by atoms with Gasteiger partial charge in [0.2, 0.25) is 11.8 Å². The van der Waals surface area contributed by atoms with Crippen LogP contribution in [0.5, 0.6) is 5.88 Å². The molecule has 4 rings (SSSR count). The molecule has 2 aromatic rings. The lowest BCUT2D eigenvalue weighted by atomic mass is 9.77. The van der Waals surface area contributed by atoms with E-state index < -0.39 is 0 Å². The Balaban J connectivity index is 1.33. The van der Waals surface area contributed by atoms with E-state index >= 15 is 0 Å². The lowest BCUT2D eigenvalue weighted by molar-refractivity contribution is -0.122. The summed E-state index contributed by atoms with van der Waals surface area (Å²) >= 11 is 0. The van der Waals surface area contributed by atoms with Crippen LogP contribution >= 0.6 is 0 Å². The number of hydrogen-bond donors (Lipinski definition) is 2. The largest absolute Gasteiger partial charge is 0.475 e. The van der Waals surface area contributed by atoms with Crippen molar-refractivity contribution in [2.45, 2.75) is 58.3 Å². The minimum atomic E-state index is -0.245. The van der Waals surface area contributed by atoms with Crippen molar-refractivity contribution < 1.29 is 14.3 Å². The molecule has 8 heteroatoms. The average Bonchev–Trinajstić information content (AvgIpc) is 3.02. The van der Waals surface area contributed by atoms with Crippen molar-refractivity contribution in [3.05, 3.63) is 41.7 Å². The van der Waals surface area contributed by atoms with E-state index in [-0.39, 0.29) is 29.1 Å². The fourth-order valence-corrected chi connectivity index (χ4v) is 4.80. The molecule has 0 bridgehead atoms. The molecule has 2 aliphatic rings. The number of hydrogen-bond acceptors (Lipinski definition) is 6. The zero-order valence-electron chi connectivity index (χ0n) is 20.1. The number of rotatable bonds is 7. The molecule has 34 heavy (non-hydrogen) atoms. The molecule has 8 nitrogen and oxygen atoms in total. The first-order valence-corrected chi connectivity index (χ1v) is 12.4. The first-order valence-electron chi connectivity index (χ1n) is 12.4. The second-order valence-electron chi connectivity index (χ2n) is 9.58. The maximum Gasteiger partial charge on any atom is 0.267 e. The molecule has 1 aromatic heterocycles. The number of anilines is 2. The van der Waals surface area contributed by atoms with E-state index in [1.54, 1.807) is 4.90 Å². The van der Waals surface area contributed by atoms with Gasteiger partial charge in [-0.1, -0.05) is 32.4 Å². The van der Waals surface area contributed by atoms with Gasteiger partial charge in [-0.25, -0.2) is 9.97 Å². The van der Waals surface area contributed by atoms with Crippen molar-refractivity contribution in [2.24, 2.45) is 11.8 Å². The number of carbonyl (C=O) groups is 2. The summed E-state index contributed by atoms with van der Waals surface area (Å²) in [5.74, 6) is 1.79. The Hall–Kier alpha value is -3.16. The summed E-state index contributed by atoms with van der Waals surface area (Å²) < 4.78 is 5.62. The number of ether oxygens (including phenoxy) is 1. The van der Waals surface area contributed by atoms with Crippen LogP contribution in [0.25, 0.3) is 0 Å². The van der Waals surface area contributed by atoms with Crippen molar-refractivity contribution in [1.29, 1.82) is 0 Å². The first-order chi connectivity index (χ1) is 16.5. The van der Waals surface area contributed by atoms with Crippen LogP contribution in [0.4, 0.5) is 11.5 Å². The second-order valence-corrected chi connectivity index (χ2v) is 9.58. The van der Waals surface area contributed by atoms with E-state index in [0.717, 1.165) is 44.3 Å². The molecule has 0 radical (unpaired) electrons. The van der Waals surface area contributed by atoms with Crippen LogP contribution in [0, 0.1) is 11.8 Å². The lowest BCUT2D eigenvalue weighted by Gasteiger charge is -2.29. The Labute approximate surface area is 201 Å². The molecule has 1 fully saturated rings. The summed E-state index contributed by atoms with van der Waals surface area (Å²) in [6.45, 7) is 5.84. The third-order valence-corrected chi connectivity index (χ3v) is 7.20. The Bertz CT molecular complexity index is 1000. The molecule has 1 aliphatic heterocycles. The third-order valence-electron chi connectivity index (χ3n) is 7.20. The van der Waals surface area contributed by atoms with E-state index in [2.05, 4.69) is 41.3 Å². The van der Waals surface area contributed by atoms with Crippen LogP contribution in [0.3, 0.4) is 0 Å². The molecular formula is C26H35N5O3. The van der Waals surface area contributed by atoms with Gasteiger partial charge in [-0.05, 0) is 61.1 Å². The van der Waals surface area contributed by atoms with Gasteiger partial charge in [0.05, 0.1) is 6.54 Å². The Morgan fingerprint density at radius 1 is 1.21 bits per heavy atom. The number of aromatic nitrogens is 2. The van der Waals surface area contributed by atoms with Crippen LogP contribution in [-0.4, -0.2) is 41.5 Å². The van der Waals surface area contributed by atoms with Gasteiger partial charge in [0.15, 0.2) is 0 Å². The van der Waals surface area contributed by atoms with E-state index in [1.807, 2.05) is 12.1 Å². The zero-order valence-corrected chi connectivity index (χ0v) is 20.1. The maximum atomic E-state index is 13.1. The Kier molecular flexibility index (Phi) is 7.65. The lowest BCUT2D eigenvalue weighted by Crippen LogP contribution is -2.32. The van der Waals surface area contributed by atoms with E-state index in [1.165, 1.54) is 11.9 Å². The highest BCUT2D eigenvalue weighted by Gasteiger charge is 2.29. The highest BCUT2D eigenvalue weighted by Crippen LogP contribution is 2.38. The van der Waals surface area contributed by atoms with Gasteiger partial charge in [0, 0.05) is 18.7 Å². The number of nitrogen functional groups attached to an aromatic ring is 1. The number of amides is 2. The summed E-state index contributed by atoms with van der Waals surface area (Å²) in [5, 5.41) is 3.08. The first kappa shape index (κ1) is 24.0. The molecule has 0 spiro atoms. The average molecular weight is 466 g/mol. The molecule has 2 heterocycles. The van der Waals surface area contributed by atoms with Gasteiger partial charge < -0.3 is 20.7 Å². The molecule has 2 amide bonds. The number of nitrogens with one attached hydrogen (secondary N) is 1. The highest BCUT2D eigenvalue weighted by molar-refractivity contribution is 6.10. The third kappa shape index (κ3) is 5.48. The van der Waals surface area contributed by atoms with Crippen molar-refractivity contribution in [2.75, 3.05) is 30.3 Å². The minimum absolute atomic E-state index is 0.129. The van der Waals surface area contributed by atoms with Gasteiger partial charge in [-0.2, -0.15) is 0 Å². The van der Waals surface area contributed by atoms with Crippen LogP contribution in [0.15, 0.2) is 30.6 Å². The normalized spacial score (nSPS) is 21.2. The fraction of sp³-hybridized carbons (Fsp3) is 0.538. The topological polar surface area (TPSA) is 110 Å². The molecular weight excluding hydrogens is 430 g/mol. The second kappa shape index (κ2) is 10.8. The van der Waals surface area contributed by atoms with Gasteiger partial charge in [-0.15, -0.1) is 0 Å². The van der Waals surface area contributed by atoms with Crippen LogP contribution in [0.1, 0.15) is 74.2 Å². The molecule has 0 saturated heterocycles. The number of benzene rings is 1. The summed E-state index contributed by atoms with van der Waals surface area (Å²) in [6.07, 6.45) is 7.33. The van der Waals surface area contributed by atoms with Gasteiger partial charge in [0.25, 0.3) is 5.91 Å². The van der Waals surface area contributed by atoms with E-state index in [9.17, 15) is 9.59 Å². The van der Waals surface area contributed by atoms with Crippen LogP contribution in [-0.2, 0) is 4.79 Å². The summed E-state index contributed by atoms with van der Waals surface area (Å²) in [7, 11) is 0. The minimum Gasteiger partial charge on any atom is -0.475 e. The standard InChI is InChI=1S/C26H35N5O3/c1-3-17(2)15-28-22(32)14-18-4-6-19(7-5-18)20-8-10-21(11-9-20)31-12-13-34-25-23(26(31)33)24(27)29-16-30-25/h8-11,16-19H,3-7,12-15H2,1-2H3,(H,28,32)(H2,27,29,30)/t17?,18-,19-.